The smallest absolute Gasteiger partial charge is 0.314 e. The molecule has 0 fully saturated rings. The molecule has 0 saturated carbocycles. The molecule has 0 aromatic heterocycles. The van der Waals surface area contributed by atoms with E-state index in [1.807, 2.05) is 17.8 Å². The SMILES string of the molecule is CCCCC[C-](CCCCC)CCCCC.CCCCC[C-](CCCCC)CCCCC.CCCCC[C-](CCCCC)CCCCC.[Cr+3]. The van der Waals surface area contributed by atoms with Crippen LogP contribution in [0.15, 0.2) is 0 Å². The van der Waals surface area contributed by atoms with Crippen LogP contribution in [-0.2, 0) is 17.4 Å². The Morgan fingerprint density at radius 2 is 0.286 bits per heavy atom. The monoisotopic (exact) mass is 728 g/mol. The molecule has 0 amide bonds. The van der Waals surface area contributed by atoms with Crippen LogP contribution in [0.5, 0.6) is 0 Å². The molecule has 0 heterocycles. The molecule has 0 bridgehead atoms. The first kappa shape index (κ1) is 56.3. The van der Waals surface area contributed by atoms with E-state index in [1.54, 1.807) is 0 Å². The zero-order chi connectivity index (χ0) is 36.2. The predicted molar refractivity (Wildman–Crippen MR) is 227 cm³/mol. The molecule has 49 heavy (non-hydrogen) atoms. The van der Waals surface area contributed by atoms with Gasteiger partial charge in [-0.3, -0.25) is 0 Å². The van der Waals surface area contributed by atoms with E-state index < -0.39 is 0 Å². The van der Waals surface area contributed by atoms with Crippen molar-refractivity contribution in [1.82, 2.24) is 0 Å². The minimum atomic E-state index is 0. The van der Waals surface area contributed by atoms with Gasteiger partial charge in [0.2, 0.25) is 0 Å². The summed E-state index contributed by atoms with van der Waals surface area (Å²) in [4.78, 5) is 0. The fourth-order valence-corrected chi connectivity index (χ4v) is 6.75. The Morgan fingerprint density at radius 1 is 0.184 bits per heavy atom. The van der Waals surface area contributed by atoms with Gasteiger partial charge in [0, 0.05) is 0 Å². The standard InChI is InChI=1S/3C16H33.Cr/c3*1-4-7-10-13-16(14-11-8-5-2)15-12-9-6-3;/h3*4-15H2,1-3H3;/q3*-1;+3. The van der Waals surface area contributed by atoms with Crippen LogP contribution in [0.4, 0.5) is 0 Å². The van der Waals surface area contributed by atoms with Crippen LogP contribution in [0.2, 0.25) is 0 Å². The van der Waals surface area contributed by atoms with E-state index in [0.717, 1.165) is 0 Å². The van der Waals surface area contributed by atoms with Gasteiger partial charge in [0.25, 0.3) is 0 Å². The summed E-state index contributed by atoms with van der Waals surface area (Å²) in [6, 6.07) is 0. The van der Waals surface area contributed by atoms with Crippen molar-refractivity contribution in [3.05, 3.63) is 17.8 Å². The van der Waals surface area contributed by atoms with E-state index in [4.69, 9.17) is 0 Å². The number of rotatable bonds is 36. The Kier molecular flexibility index (Phi) is 60.7. The van der Waals surface area contributed by atoms with Gasteiger partial charge in [0.15, 0.2) is 0 Å². The second-order valence-corrected chi connectivity index (χ2v) is 15.4. The molecule has 0 aromatic carbocycles. The number of hydrogen-bond acceptors (Lipinski definition) is 0. The maximum absolute atomic E-state index is 2.30. The van der Waals surface area contributed by atoms with Gasteiger partial charge in [-0.25, -0.2) is 0 Å². The summed E-state index contributed by atoms with van der Waals surface area (Å²) >= 11 is 0. The van der Waals surface area contributed by atoms with Crippen molar-refractivity contribution in [3.8, 4) is 0 Å². The van der Waals surface area contributed by atoms with Crippen LogP contribution in [0.25, 0.3) is 0 Å². The fourth-order valence-electron chi connectivity index (χ4n) is 6.75. The zero-order valence-corrected chi connectivity index (χ0v) is 37.6. The summed E-state index contributed by atoms with van der Waals surface area (Å²) in [5.74, 6) is 5.61. The van der Waals surface area contributed by atoms with Crippen molar-refractivity contribution >= 4 is 0 Å². The summed E-state index contributed by atoms with van der Waals surface area (Å²) in [5.41, 5.74) is 0. The molecular weight excluding hydrogens is 629 g/mol. The minimum absolute atomic E-state index is 0. The second kappa shape index (κ2) is 52.9. The zero-order valence-electron chi connectivity index (χ0n) is 36.4. The van der Waals surface area contributed by atoms with Crippen molar-refractivity contribution in [1.29, 1.82) is 0 Å². The van der Waals surface area contributed by atoms with Crippen molar-refractivity contribution in [2.24, 2.45) is 0 Å². The van der Waals surface area contributed by atoms with Crippen molar-refractivity contribution < 1.29 is 17.4 Å². The van der Waals surface area contributed by atoms with E-state index in [9.17, 15) is 0 Å². The van der Waals surface area contributed by atoms with Crippen molar-refractivity contribution in [2.75, 3.05) is 0 Å². The third-order valence-electron chi connectivity index (χ3n) is 10.2. The van der Waals surface area contributed by atoms with Gasteiger partial charge >= 0.3 is 17.4 Å². The normalized spacial score (nSPS) is 11.0. The van der Waals surface area contributed by atoms with Gasteiger partial charge in [-0.15, -0.1) is 0 Å². The van der Waals surface area contributed by atoms with Gasteiger partial charge < -0.3 is 17.8 Å². The van der Waals surface area contributed by atoms with Crippen LogP contribution in [0, 0.1) is 17.8 Å². The molecular formula is C48H99Cr. The van der Waals surface area contributed by atoms with Crippen molar-refractivity contribution in [2.45, 2.75) is 293 Å². The molecule has 0 nitrogen and oxygen atoms in total. The molecule has 0 unspecified atom stereocenters. The second-order valence-electron chi connectivity index (χ2n) is 15.4. The molecule has 0 aromatic rings. The van der Waals surface area contributed by atoms with E-state index >= 15 is 0 Å². The van der Waals surface area contributed by atoms with E-state index in [2.05, 4.69) is 62.3 Å². The molecule has 0 aliphatic rings. The Hall–Kier alpha value is 0.532. The maximum atomic E-state index is 2.30. The Bertz CT molecular complexity index is 359. The summed E-state index contributed by atoms with van der Waals surface area (Å²) < 4.78 is 0. The first-order valence-electron chi connectivity index (χ1n) is 23.0. The third kappa shape index (κ3) is 50.7. The third-order valence-corrected chi connectivity index (χ3v) is 10.2. The van der Waals surface area contributed by atoms with Crippen LogP contribution >= 0.6 is 0 Å². The first-order valence-corrected chi connectivity index (χ1v) is 23.0. The Labute approximate surface area is 327 Å². The van der Waals surface area contributed by atoms with Gasteiger partial charge in [-0.05, 0) is 0 Å². The minimum Gasteiger partial charge on any atom is -0.314 e. The molecule has 0 aliphatic heterocycles. The molecule has 0 N–H and O–H groups in total. The molecule has 1 radical (unpaired) electrons. The van der Waals surface area contributed by atoms with Gasteiger partial charge in [-0.1, -0.05) is 236 Å². The van der Waals surface area contributed by atoms with Crippen LogP contribution < -0.4 is 0 Å². The topological polar surface area (TPSA) is 0 Å². The molecule has 0 spiro atoms. The average Bonchev–Trinajstić information content (AvgIpc) is 3.09. The fraction of sp³-hybridized carbons (Fsp3) is 0.938. The van der Waals surface area contributed by atoms with Crippen LogP contribution in [0.3, 0.4) is 0 Å². The van der Waals surface area contributed by atoms with E-state index in [-0.39, 0.29) is 17.4 Å². The van der Waals surface area contributed by atoms with Gasteiger partial charge in [0.1, 0.15) is 0 Å². The molecule has 0 saturated heterocycles. The van der Waals surface area contributed by atoms with Crippen LogP contribution in [0.1, 0.15) is 293 Å². The summed E-state index contributed by atoms with van der Waals surface area (Å²) in [7, 11) is 0. The van der Waals surface area contributed by atoms with Crippen LogP contribution in [-0.4, -0.2) is 0 Å². The summed E-state index contributed by atoms with van der Waals surface area (Å²) in [5, 5.41) is 0. The Balaban J connectivity index is -0.000000307. The number of hydrogen-bond donors (Lipinski definition) is 0. The summed E-state index contributed by atoms with van der Waals surface area (Å²) in [6.07, 6.45) is 50.7. The van der Waals surface area contributed by atoms with Crippen molar-refractivity contribution in [3.63, 3.8) is 0 Å². The quantitative estimate of drug-likeness (QED) is 0.0445. The maximum Gasteiger partial charge on any atom is 3.00 e. The molecule has 297 valence electrons. The van der Waals surface area contributed by atoms with Gasteiger partial charge in [-0.2, -0.15) is 57.8 Å². The largest absolute Gasteiger partial charge is 3.00 e. The molecule has 1 heteroatoms. The average molecular weight is 728 g/mol. The Morgan fingerprint density at radius 3 is 0.367 bits per heavy atom. The van der Waals surface area contributed by atoms with E-state index in [1.165, 1.54) is 231 Å². The molecule has 0 rings (SSSR count). The van der Waals surface area contributed by atoms with Gasteiger partial charge in [0.05, 0.1) is 0 Å². The molecule has 0 aliphatic carbocycles. The predicted octanol–water partition coefficient (Wildman–Crippen LogP) is 18.9. The summed E-state index contributed by atoms with van der Waals surface area (Å²) in [6.45, 7) is 20.7. The number of unbranched alkanes of at least 4 members (excludes halogenated alkanes) is 18. The molecule has 0 atom stereocenters. The first-order chi connectivity index (χ1) is 23.5. The van der Waals surface area contributed by atoms with E-state index in [0.29, 0.717) is 0 Å².